The zero-order valence-corrected chi connectivity index (χ0v) is 12.0. The Labute approximate surface area is 114 Å². The number of methoxy groups -OCH3 is 1. The molecule has 0 radical (unpaired) electrons. The number of hydrogen-bond donors (Lipinski definition) is 0. The van der Waals surface area contributed by atoms with Crippen molar-refractivity contribution in [2.24, 2.45) is 0 Å². The molecule has 1 aliphatic rings. The van der Waals surface area contributed by atoms with Crippen LogP contribution in [0.2, 0.25) is 0 Å². The van der Waals surface area contributed by atoms with Crippen molar-refractivity contribution in [1.29, 1.82) is 0 Å². The molecule has 0 atom stereocenters. The van der Waals surface area contributed by atoms with E-state index in [0.29, 0.717) is 10.6 Å². The number of ether oxygens (including phenoxy) is 1. The van der Waals surface area contributed by atoms with Crippen molar-refractivity contribution in [1.82, 2.24) is 0 Å². The second-order valence-corrected chi connectivity index (χ2v) is 6.26. The van der Waals surface area contributed by atoms with E-state index >= 15 is 0 Å². The van der Waals surface area contributed by atoms with Crippen LogP contribution in [0.3, 0.4) is 0 Å². The Hall–Kier alpha value is -1.01. The average molecular weight is 285 g/mol. The normalized spacial score (nSPS) is 14.6. The number of hydrogen-bond acceptors (Lipinski definition) is 5. The molecule has 2 heterocycles. The summed E-state index contributed by atoms with van der Waals surface area (Å²) in [6.45, 7) is 2.82. The van der Waals surface area contributed by atoms with Crippen LogP contribution in [0.5, 0.6) is 0 Å². The standard InChI is InChI=1S/C12H15NO3S2/c1-3-4-5-13-8-6-9(11(15)16-2)18-12(8)17-7-10(13)14/h6H,3-5,7H2,1-2H3. The minimum absolute atomic E-state index is 0.121. The zero-order chi connectivity index (χ0) is 13.1. The van der Waals surface area contributed by atoms with Gasteiger partial charge in [0, 0.05) is 6.54 Å². The number of rotatable bonds is 4. The Morgan fingerprint density at radius 1 is 1.56 bits per heavy atom. The highest BCUT2D eigenvalue weighted by atomic mass is 32.2. The smallest absolute Gasteiger partial charge is 0.348 e. The van der Waals surface area contributed by atoms with Crippen LogP contribution in [0.4, 0.5) is 5.69 Å². The van der Waals surface area contributed by atoms with E-state index in [1.807, 2.05) is 0 Å². The van der Waals surface area contributed by atoms with Gasteiger partial charge in [-0.2, -0.15) is 0 Å². The molecule has 0 bridgehead atoms. The highest BCUT2D eigenvalue weighted by Gasteiger charge is 2.28. The first-order chi connectivity index (χ1) is 8.67. The van der Waals surface area contributed by atoms with Crippen LogP contribution in [-0.2, 0) is 9.53 Å². The highest BCUT2D eigenvalue weighted by molar-refractivity contribution is 8.02. The molecule has 0 saturated carbocycles. The molecule has 0 saturated heterocycles. The Kier molecular flexibility index (Phi) is 4.29. The van der Waals surface area contributed by atoms with Crippen molar-refractivity contribution in [3.8, 4) is 0 Å². The number of thiophene rings is 1. The van der Waals surface area contributed by atoms with E-state index in [0.717, 1.165) is 29.3 Å². The molecule has 1 amide bonds. The fourth-order valence-electron chi connectivity index (χ4n) is 1.76. The van der Waals surface area contributed by atoms with Gasteiger partial charge >= 0.3 is 5.97 Å². The van der Waals surface area contributed by atoms with E-state index in [9.17, 15) is 9.59 Å². The Bertz CT molecular complexity index is 470. The van der Waals surface area contributed by atoms with Crippen LogP contribution in [-0.4, -0.2) is 31.3 Å². The van der Waals surface area contributed by atoms with Crippen molar-refractivity contribution in [3.63, 3.8) is 0 Å². The van der Waals surface area contributed by atoms with Crippen LogP contribution >= 0.6 is 23.1 Å². The van der Waals surface area contributed by atoms with Gasteiger partial charge in [-0.3, -0.25) is 4.79 Å². The topological polar surface area (TPSA) is 46.6 Å². The Morgan fingerprint density at radius 2 is 2.33 bits per heavy atom. The van der Waals surface area contributed by atoms with Crippen molar-refractivity contribution < 1.29 is 14.3 Å². The van der Waals surface area contributed by atoms with Crippen molar-refractivity contribution in [3.05, 3.63) is 10.9 Å². The molecule has 98 valence electrons. The Balaban J connectivity index is 2.28. The first-order valence-electron chi connectivity index (χ1n) is 5.82. The fraction of sp³-hybridized carbons (Fsp3) is 0.500. The molecule has 0 aromatic carbocycles. The predicted molar refractivity (Wildman–Crippen MR) is 73.6 cm³/mol. The first-order valence-corrected chi connectivity index (χ1v) is 7.63. The molecule has 0 unspecified atom stereocenters. The molecular formula is C12H15NO3S2. The quantitative estimate of drug-likeness (QED) is 0.798. The second-order valence-electron chi connectivity index (χ2n) is 3.96. The molecule has 1 aromatic rings. The lowest BCUT2D eigenvalue weighted by molar-refractivity contribution is -0.116. The van der Waals surface area contributed by atoms with Crippen LogP contribution in [0.1, 0.15) is 29.4 Å². The van der Waals surface area contributed by atoms with E-state index in [1.54, 1.807) is 11.0 Å². The second kappa shape index (κ2) is 5.75. The van der Waals surface area contributed by atoms with Crippen LogP contribution in [0.15, 0.2) is 10.3 Å². The van der Waals surface area contributed by atoms with Crippen molar-refractivity contribution in [2.45, 2.75) is 24.0 Å². The molecule has 18 heavy (non-hydrogen) atoms. The summed E-state index contributed by atoms with van der Waals surface area (Å²) < 4.78 is 5.75. The number of esters is 1. The number of nitrogens with zero attached hydrogens (tertiary/aromatic N) is 1. The molecule has 0 aliphatic carbocycles. The third kappa shape index (κ3) is 2.54. The highest BCUT2D eigenvalue weighted by Crippen LogP contribution is 2.42. The maximum Gasteiger partial charge on any atom is 0.348 e. The summed E-state index contributed by atoms with van der Waals surface area (Å²) >= 11 is 2.90. The molecule has 2 rings (SSSR count). The third-order valence-corrected chi connectivity index (χ3v) is 5.09. The number of amides is 1. The number of unbranched alkanes of at least 4 members (excludes halogenated alkanes) is 1. The minimum Gasteiger partial charge on any atom is -0.465 e. The summed E-state index contributed by atoms with van der Waals surface area (Å²) in [5.74, 6) is 0.241. The molecule has 0 fully saturated rings. The summed E-state index contributed by atoms with van der Waals surface area (Å²) in [6, 6.07) is 1.77. The largest absolute Gasteiger partial charge is 0.465 e. The number of carbonyl (C=O) groups is 2. The summed E-state index contributed by atoms with van der Waals surface area (Å²) in [7, 11) is 1.37. The van der Waals surface area contributed by atoms with Crippen LogP contribution in [0, 0.1) is 0 Å². The number of thioether (sulfide) groups is 1. The lowest BCUT2D eigenvalue weighted by atomic mass is 10.3. The maximum atomic E-state index is 11.9. The van der Waals surface area contributed by atoms with Crippen molar-refractivity contribution >= 4 is 40.7 Å². The van der Waals surface area contributed by atoms with Gasteiger partial charge in [-0.15, -0.1) is 23.1 Å². The molecule has 0 N–H and O–H groups in total. The van der Waals surface area contributed by atoms with Crippen LogP contribution < -0.4 is 4.90 Å². The van der Waals surface area contributed by atoms with E-state index in [1.165, 1.54) is 30.2 Å². The van der Waals surface area contributed by atoms with Gasteiger partial charge in [0.15, 0.2) is 0 Å². The monoisotopic (exact) mass is 285 g/mol. The van der Waals surface area contributed by atoms with Gasteiger partial charge in [-0.25, -0.2) is 4.79 Å². The lowest BCUT2D eigenvalue weighted by Gasteiger charge is -2.26. The predicted octanol–water partition coefficient (Wildman–Crippen LogP) is 2.77. The van der Waals surface area contributed by atoms with E-state index in [4.69, 9.17) is 4.74 Å². The van der Waals surface area contributed by atoms with Gasteiger partial charge in [-0.1, -0.05) is 13.3 Å². The Morgan fingerprint density at radius 3 is 3.00 bits per heavy atom. The number of anilines is 1. The van der Waals surface area contributed by atoms with Crippen molar-refractivity contribution in [2.75, 3.05) is 24.3 Å². The van der Waals surface area contributed by atoms with E-state index < -0.39 is 0 Å². The maximum absolute atomic E-state index is 11.9. The number of carbonyl (C=O) groups excluding carboxylic acids is 2. The summed E-state index contributed by atoms with van der Waals surface area (Å²) in [4.78, 5) is 25.8. The van der Waals surface area contributed by atoms with Gasteiger partial charge < -0.3 is 9.64 Å². The molecule has 4 nitrogen and oxygen atoms in total. The molecule has 0 spiro atoms. The molecule has 1 aromatic heterocycles. The summed E-state index contributed by atoms with van der Waals surface area (Å²) in [6.07, 6.45) is 2.01. The number of fused-ring (bicyclic) bond motifs is 1. The molecule has 6 heteroatoms. The SMILES string of the molecule is CCCCN1C(=O)CSc2sc(C(=O)OC)cc21. The lowest BCUT2D eigenvalue weighted by Crippen LogP contribution is -2.35. The molecule has 1 aliphatic heterocycles. The van der Waals surface area contributed by atoms with Gasteiger partial charge in [0.1, 0.15) is 4.88 Å². The van der Waals surface area contributed by atoms with Gasteiger partial charge in [0.25, 0.3) is 0 Å². The minimum atomic E-state index is -0.335. The zero-order valence-electron chi connectivity index (χ0n) is 10.4. The van der Waals surface area contributed by atoms with Gasteiger partial charge in [0.05, 0.1) is 22.8 Å². The van der Waals surface area contributed by atoms with E-state index in [-0.39, 0.29) is 11.9 Å². The summed E-state index contributed by atoms with van der Waals surface area (Å²) in [5, 5.41) is 0. The average Bonchev–Trinajstić information content (AvgIpc) is 2.81. The van der Waals surface area contributed by atoms with Gasteiger partial charge in [-0.05, 0) is 12.5 Å². The van der Waals surface area contributed by atoms with E-state index in [2.05, 4.69) is 6.92 Å². The summed E-state index contributed by atoms with van der Waals surface area (Å²) in [5.41, 5.74) is 0.870. The first kappa shape index (κ1) is 13.4. The third-order valence-electron chi connectivity index (χ3n) is 2.72. The van der Waals surface area contributed by atoms with Gasteiger partial charge in [0.2, 0.25) is 5.91 Å². The molecular weight excluding hydrogens is 270 g/mol. The van der Waals surface area contributed by atoms with Crippen LogP contribution in [0.25, 0.3) is 0 Å². The fourth-order valence-corrected chi connectivity index (χ4v) is 3.98.